The third kappa shape index (κ3) is 4.64. The SMILES string of the molecule is CC(C)(C)OC(=O)NC1([C@@H]2CCN(C(c3ccccc3)c3ccccc3)C2)CC1. The van der Waals surface area contributed by atoms with Gasteiger partial charge >= 0.3 is 6.09 Å². The van der Waals surface area contributed by atoms with Crippen LogP contribution in [0, 0.1) is 5.92 Å². The summed E-state index contributed by atoms with van der Waals surface area (Å²) in [4.78, 5) is 15.0. The van der Waals surface area contributed by atoms with Crippen molar-refractivity contribution in [1.82, 2.24) is 10.2 Å². The van der Waals surface area contributed by atoms with Crippen LogP contribution in [0.4, 0.5) is 4.79 Å². The second-order valence-corrected chi connectivity index (χ2v) is 9.49. The van der Waals surface area contributed by atoms with Crippen LogP contribution in [-0.4, -0.2) is 35.2 Å². The van der Waals surface area contributed by atoms with Gasteiger partial charge in [-0.3, -0.25) is 4.90 Å². The molecule has 29 heavy (non-hydrogen) atoms. The molecule has 1 aliphatic heterocycles. The number of amides is 1. The fourth-order valence-corrected chi connectivity index (χ4v) is 4.63. The summed E-state index contributed by atoms with van der Waals surface area (Å²) < 4.78 is 5.52. The minimum atomic E-state index is -0.465. The van der Waals surface area contributed by atoms with Crippen molar-refractivity contribution >= 4 is 6.09 Å². The number of alkyl carbamates (subject to hydrolysis) is 1. The number of rotatable bonds is 5. The zero-order valence-corrected chi connectivity index (χ0v) is 17.7. The highest BCUT2D eigenvalue weighted by atomic mass is 16.6. The first-order valence-electron chi connectivity index (χ1n) is 10.7. The summed E-state index contributed by atoms with van der Waals surface area (Å²) in [5, 5.41) is 3.22. The summed E-state index contributed by atoms with van der Waals surface area (Å²) in [7, 11) is 0. The molecule has 1 N–H and O–H groups in total. The first kappa shape index (κ1) is 20.0. The molecule has 1 aliphatic carbocycles. The summed E-state index contributed by atoms with van der Waals surface area (Å²) in [5.41, 5.74) is 2.09. The minimum Gasteiger partial charge on any atom is -0.444 e. The van der Waals surface area contributed by atoms with Gasteiger partial charge in [0.1, 0.15) is 5.60 Å². The van der Waals surface area contributed by atoms with Gasteiger partial charge < -0.3 is 10.1 Å². The van der Waals surface area contributed by atoms with Gasteiger partial charge in [-0.2, -0.15) is 0 Å². The van der Waals surface area contributed by atoms with E-state index in [1.165, 1.54) is 11.1 Å². The van der Waals surface area contributed by atoms with E-state index >= 15 is 0 Å². The van der Waals surface area contributed by atoms with E-state index in [1.54, 1.807) is 0 Å². The molecule has 2 fully saturated rings. The van der Waals surface area contributed by atoms with Crippen molar-refractivity contribution in [3.63, 3.8) is 0 Å². The maximum absolute atomic E-state index is 12.4. The number of hydrogen-bond acceptors (Lipinski definition) is 3. The number of ether oxygens (including phenoxy) is 1. The van der Waals surface area contributed by atoms with Gasteiger partial charge in [0.15, 0.2) is 0 Å². The molecular weight excluding hydrogens is 360 g/mol. The van der Waals surface area contributed by atoms with Crippen molar-refractivity contribution in [2.24, 2.45) is 5.92 Å². The largest absolute Gasteiger partial charge is 0.444 e. The number of carbonyl (C=O) groups excluding carboxylic acids is 1. The van der Waals surface area contributed by atoms with E-state index in [2.05, 4.69) is 70.9 Å². The molecule has 4 heteroatoms. The van der Waals surface area contributed by atoms with Gasteiger partial charge in [-0.05, 0) is 63.6 Å². The van der Waals surface area contributed by atoms with E-state index < -0.39 is 5.60 Å². The van der Waals surface area contributed by atoms with Crippen LogP contribution < -0.4 is 5.32 Å². The zero-order chi connectivity index (χ0) is 20.5. The standard InChI is InChI=1S/C25H32N2O2/c1-24(2,3)29-23(28)26-25(15-16-25)21-14-17-27(18-21)22(19-10-6-4-7-11-19)20-12-8-5-9-13-20/h4-13,21-22H,14-18H2,1-3H3,(H,26,28)/t21-/m1/s1. The van der Waals surface area contributed by atoms with Gasteiger partial charge in [0, 0.05) is 12.1 Å². The average molecular weight is 393 g/mol. The van der Waals surface area contributed by atoms with Crippen molar-refractivity contribution < 1.29 is 9.53 Å². The number of benzene rings is 2. The van der Waals surface area contributed by atoms with Gasteiger partial charge in [0.05, 0.1) is 6.04 Å². The van der Waals surface area contributed by atoms with Gasteiger partial charge in [0.2, 0.25) is 0 Å². The maximum Gasteiger partial charge on any atom is 0.408 e. The molecule has 2 aromatic carbocycles. The number of nitrogens with zero attached hydrogens (tertiary/aromatic N) is 1. The Hall–Kier alpha value is -2.33. The topological polar surface area (TPSA) is 41.6 Å². The first-order valence-corrected chi connectivity index (χ1v) is 10.7. The smallest absolute Gasteiger partial charge is 0.408 e. The van der Waals surface area contributed by atoms with E-state index in [9.17, 15) is 4.79 Å². The van der Waals surface area contributed by atoms with Crippen LogP contribution in [0.2, 0.25) is 0 Å². The van der Waals surface area contributed by atoms with Crippen LogP contribution in [0.3, 0.4) is 0 Å². The van der Waals surface area contributed by atoms with Crippen molar-refractivity contribution in [3.8, 4) is 0 Å². The van der Waals surface area contributed by atoms with E-state index in [-0.39, 0.29) is 17.7 Å². The Morgan fingerprint density at radius 1 is 1.03 bits per heavy atom. The quantitative estimate of drug-likeness (QED) is 0.765. The molecule has 0 aromatic heterocycles. The van der Waals surface area contributed by atoms with Crippen LogP contribution in [0.25, 0.3) is 0 Å². The fraction of sp³-hybridized carbons (Fsp3) is 0.480. The maximum atomic E-state index is 12.4. The van der Waals surface area contributed by atoms with Gasteiger partial charge in [-0.15, -0.1) is 0 Å². The molecule has 1 amide bonds. The number of carbonyl (C=O) groups is 1. The monoisotopic (exact) mass is 392 g/mol. The van der Waals surface area contributed by atoms with E-state index in [1.807, 2.05) is 20.8 Å². The zero-order valence-electron chi connectivity index (χ0n) is 17.7. The minimum absolute atomic E-state index is 0.0883. The predicted octanol–water partition coefficient (Wildman–Crippen LogP) is 5.16. The second kappa shape index (κ2) is 7.83. The third-order valence-electron chi connectivity index (χ3n) is 6.14. The molecular formula is C25H32N2O2. The molecule has 4 rings (SSSR count). The normalized spacial score (nSPS) is 21.2. The highest BCUT2D eigenvalue weighted by molar-refractivity contribution is 5.69. The molecule has 1 saturated heterocycles. The molecule has 0 bridgehead atoms. The molecule has 1 saturated carbocycles. The Morgan fingerprint density at radius 2 is 1.59 bits per heavy atom. The highest BCUT2D eigenvalue weighted by Crippen LogP contribution is 2.48. The molecule has 0 unspecified atom stereocenters. The summed E-state index contributed by atoms with van der Waals surface area (Å²) >= 11 is 0. The molecule has 0 spiro atoms. The molecule has 1 heterocycles. The molecule has 1 atom stereocenters. The fourth-order valence-electron chi connectivity index (χ4n) is 4.63. The molecule has 0 radical (unpaired) electrons. The average Bonchev–Trinajstić information content (AvgIpc) is 3.28. The number of hydrogen-bond donors (Lipinski definition) is 1. The van der Waals surface area contributed by atoms with Crippen LogP contribution in [0.1, 0.15) is 57.2 Å². The summed E-state index contributed by atoms with van der Waals surface area (Å²) in [6, 6.07) is 21.7. The summed E-state index contributed by atoms with van der Waals surface area (Å²) in [6.07, 6.45) is 2.92. The van der Waals surface area contributed by atoms with Crippen molar-refractivity contribution in [1.29, 1.82) is 0 Å². The molecule has 2 aromatic rings. The van der Waals surface area contributed by atoms with E-state index in [0.717, 1.165) is 32.4 Å². The third-order valence-corrected chi connectivity index (χ3v) is 6.14. The lowest BCUT2D eigenvalue weighted by atomic mass is 9.95. The van der Waals surface area contributed by atoms with Gasteiger partial charge in [-0.1, -0.05) is 60.7 Å². The van der Waals surface area contributed by atoms with Gasteiger partial charge in [-0.25, -0.2) is 4.79 Å². The van der Waals surface area contributed by atoms with E-state index in [4.69, 9.17) is 4.74 Å². The Morgan fingerprint density at radius 3 is 2.07 bits per heavy atom. The lowest BCUT2D eigenvalue weighted by Gasteiger charge is -2.31. The molecule has 154 valence electrons. The number of nitrogens with one attached hydrogen (secondary N) is 1. The lowest BCUT2D eigenvalue weighted by molar-refractivity contribution is 0.0474. The van der Waals surface area contributed by atoms with Crippen molar-refractivity contribution in [2.45, 2.75) is 57.2 Å². The first-order chi connectivity index (χ1) is 13.9. The Balaban J connectivity index is 1.49. The summed E-state index contributed by atoms with van der Waals surface area (Å²) in [6.45, 7) is 7.76. The lowest BCUT2D eigenvalue weighted by Crippen LogP contribution is -2.46. The van der Waals surface area contributed by atoms with Crippen LogP contribution in [0.5, 0.6) is 0 Å². The molecule has 2 aliphatic rings. The number of likely N-dealkylation sites (tertiary alicyclic amines) is 1. The molecule has 4 nitrogen and oxygen atoms in total. The predicted molar refractivity (Wildman–Crippen MR) is 116 cm³/mol. The Labute approximate surface area is 174 Å². The Bertz CT molecular complexity index is 785. The van der Waals surface area contributed by atoms with Gasteiger partial charge in [0.25, 0.3) is 0 Å². The second-order valence-electron chi connectivity index (χ2n) is 9.49. The Kier molecular flexibility index (Phi) is 5.39. The van der Waals surface area contributed by atoms with Crippen LogP contribution in [0.15, 0.2) is 60.7 Å². The van der Waals surface area contributed by atoms with Crippen LogP contribution in [-0.2, 0) is 4.74 Å². The van der Waals surface area contributed by atoms with Crippen molar-refractivity contribution in [3.05, 3.63) is 71.8 Å². The van der Waals surface area contributed by atoms with Crippen molar-refractivity contribution in [2.75, 3.05) is 13.1 Å². The van der Waals surface area contributed by atoms with E-state index in [0.29, 0.717) is 5.92 Å². The van der Waals surface area contributed by atoms with Crippen LogP contribution >= 0.6 is 0 Å². The summed E-state index contributed by atoms with van der Waals surface area (Å²) in [5.74, 6) is 0.463. The highest BCUT2D eigenvalue weighted by Gasteiger charge is 2.53.